The zero-order valence-corrected chi connectivity index (χ0v) is 12.9. The molecule has 3 heteroatoms. The van der Waals surface area contributed by atoms with Gasteiger partial charge in [0.15, 0.2) is 0 Å². The van der Waals surface area contributed by atoms with E-state index < -0.39 is 0 Å². The van der Waals surface area contributed by atoms with E-state index in [9.17, 15) is 0 Å². The molecule has 0 bridgehead atoms. The minimum absolute atomic E-state index is 0.557. The summed E-state index contributed by atoms with van der Waals surface area (Å²) in [6, 6.07) is 13.0. The van der Waals surface area contributed by atoms with Gasteiger partial charge in [-0.2, -0.15) is 0 Å². The van der Waals surface area contributed by atoms with E-state index in [0.717, 1.165) is 25.0 Å². The lowest BCUT2D eigenvalue weighted by molar-refractivity contribution is 0.322. The van der Waals surface area contributed by atoms with Gasteiger partial charge in [-0.15, -0.1) is 0 Å². The summed E-state index contributed by atoms with van der Waals surface area (Å²) in [4.78, 5) is 4.01. The van der Waals surface area contributed by atoms with Crippen molar-refractivity contribution in [3.8, 4) is 5.75 Å². The van der Waals surface area contributed by atoms with E-state index in [1.165, 1.54) is 11.1 Å². The Morgan fingerprint density at radius 1 is 1.00 bits per heavy atom. The Labute approximate surface area is 127 Å². The Kier molecular flexibility index (Phi) is 6.22. The predicted octanol–water partition coefficient (Wildman–Crippen LogP) is 3.24. The molecule has 1 heterocycles. The number of hydrogen-bond donors (Lipinski definition) is 1. The summed E-state index contributed by atoms with van der Waals surface area (Å²) in [5.41, 5.74) is 2.61. The summed E-state index contributed by atoms with van der Waals surface area (Å²) in [7, 11) is 2.00. The van der Waals surface area contributed by atoms with Gasteiger partial charge in [0.2, 0.25) is 0 Å². The van der Waals surface area contributed by atoms with Crippen LogP contribution in [0.4, 0.5) is 0 Å². The minimum Gasteiger partial charge on any atom is -0.493 e. The quantitative estimate of drug-likeness (QED) is 0.808. The minimum atomic E-state index is 0.557. The van der Waals surface area contributed by atoms with Crippen LogP contribution >= 0.6 is 0 Å². The van der Waals surface area contributed by atoms with Crippen molar-refractivity contribution < 1.29 is 4.74 Å². The maximum atomic E-state index is 5.78. The van der Waals surface area contributed by atoms with Crippen LogP contribution in [0.25, 0.3) is 0 Å². The maximum Gasteiger partial charge on any atom is 0.119 e. The van der Waals surface area contributed by atoms with Crippen LogP contribution in [-0.2, 0) is 12.8 Å². The second-order valence-corrected chi connectivity index (χ2v) is 5.33. The average Bonchev–Trinajstić information content (AvgIpc) is 2.55. The van der Waals surface area contributed by atoms with Crippen LogP contribution in [0.3, 0.4) is 0 Å². The first-order valence-corrected chi connectivity index (χ1v) is 7.56. The van der Waals surface area contributed by atoms with E-state index >= 15 is 0 Å². The van der Waals surface area contributed by atoms with Crippen LogP contribution in [0.15, 0.2) is 48.8 Å². The van der Waals surface area contributed by atoms with Crippen LogP contribution in [0.5, 0.6) is 5.75 Å². The number of aromatic nitrogens is 1. The fourth-order valence-corrected chi connectivity index (χ4v) is 2.12. The molecule has 0 aliphatic heterocycles. The van der Waals surface area contributed by atoms with Crippen molar-refractivity contribution in [3.05, 3.63) is 59.9 Å². The van der Waals surface area contributed by atoms with Crippen LogP contribution in [0.2, 0.25) is 0 Å². The molecule has 1 aromatic heterocycles. The summed E-state index contributed by atoms with van der Waals surface area (Å²) in [5, 5.41) is 3.26. The Bertz CT molecular complexity index is 511. The highest BCUT2D eigenvalue weighted by Gasteiger charge is 2.00. The van der Waals surface area contributed by atoms with Crippen molar-refractivity contribution in [1.82, 2.24) is 10.3 Å². The van der Waals surface area contributed by atoms with E-state index in [1.807, 2.05) is 31.6 Å². The molecule has 1 unspecified atom stereocenters. The number of benzene rings is 1. The third-order valence-corrected chi connectivity index (χ3v) is 3.69. The Balaban J connectivity index is 1.74. The van der Waals surface area contributed by atoms with Gasteiger partial charge in [0.1, 0.15) is 5.75 Å². The molecule has 1 atom stereocenters. The van der Waals surface area contributed by atoms with Gasteiger partial charge < -0.3 is 10.1 Å². The predicted molar refractivity (Wildman–Crippen MR) is 86.7 cm³/mol. The molecule has 0 saturated heterocycles. The van der Waals surface area contributed by atoms with E-state index in [4.69, 9.17) is 4.74 Å². The Morgan fingerprint density at radius 3 is 2.33 bits per heavy atom. The van der Waals surface area contributed by atoms with Crippen molar-refractivity contribution in [1.29, 1.82) is 0 Å². The van der Waals surface area contributed by atoms with Gasteiger partial charge in [0.25, 0.3) is 0 Å². The standard InChI is InChI=1S/C18H24N2O/c1-15(19-2)3-4-16-5-7-18(8-6-16)21-14-11-17-9-12-20-13-10-17/h5-10,12-13,15,19H,3-4,11,14H2,1-2H3. The molecule has 0 aliphatic carbocycles. The first-order chi connectivity index (χ1) is 10.3. The number of pyridine rings is 1. The third kappa shape index (κ3) is 5.56. The number of nitrogens with zero attached hydrogens (tertiary/aromatic N) is 1. The lowest BCUT2D eigenvalue weighted by Gasteiger charge is -2.10. The lowest BCUT2D eigenvalue weighted by Crippen LogP contribution is -2.21. The lowest BCUT2D eigenvalue weighted by atomic mass is 10.1. The van der Waals surface area contributed by atoms with Gasteiger partial charge in [-0.3, -0.25) is 4.98 Å². The molecule has 0 radical (unpaired) electrons. The molecular weight excluding hydrogens is 260 g/mol. The van der Waals surface area contributed by atoms with Crippen LogP contribution in [-0.4, -0.2) is 24.7 Å². The Hall–Kier alpha value is -1.87. The summed E-state index contributed by atoms with van der Waals surface area (Å²) in [6.07, 6.45) is 6.79. The van der Waals surface area contributed by atoms with Crippen LogP contribution in [0, 0.1) is 0 Å². The van der Waals surface area contributed by atoms with E-state index in [2.05, 4.69) is 41.5 Å². The smallest absolute Gasteiger partial charge is 0.119 e. The Morgan fingerprint density at radius 2 is 1.67 bits per heavy atom. The summed E-state index contributed by atoms with van der Waals surface area (Å²) >= 11 is 0. The van der Waals surface area contributed by atoms with Gasteiger partial charge in [-0.1, -0.05) is 12.1 Å². The molecule has 2 rings (SSSR count). The molecule has 3 nitrogen and oxygen atoms in total. The molecule has 112 valence electrons. The van der Waals surface area contributed by atoms with Crippen molar-refractivity contribution in [3.63, 3.8) is 0 Å². The molecule has 1 N–H and O–H groups in total. The number of hydrogen-bond acceptors (Lipinski definition) is 3. The van der Waals surface area contributed by atoms with Gasteiger partial charge in [0.05, 0.1) is 6.61 Å². The van der Waals surface area contributed by atoms with Crippen molar-refractivity contribution >= 4 is 0 Å². The highest BCUT2D eigenvalue weighted by Crippen LogP contribution is 2.14. The SMILES string of the molecule is CNC(C)CCc1ccc(OCCc2ccncc2)cc1. The van der Waals surface area contributed by atoms with Crippen molar-refractivity contribution in [2.75, 3.05) is 13.7 Å². The number of ether oxygens (including phenoxy) is 1. The normalized spacial score (nSPS) is 12.1. The molecule has 21 heavy (non-hydrogen) atoms. The fourth-order valence-electron chi connectivity index (χ4n) is 2.12. The van der Waals surface area contributed by atoms with Crippen LogP contribution in [0.1, 0.15) is 24.5 Å². The number of nitrogens with one attached hydrogen (secondary N) is 1. The highest BCUT2D eigenvalue weighted by atomic mass is 16.5. The molecule has 0 fully saturated rings. The maximum absolute atomic E-state index is 5.78. The zero-order valence-electron chi connectivity index (χ0n) is 12.9. The molecule has 0 amide bonds. The van der Waals surface area contributed by atoms with Crippen LogP contribution < -0.4 is 10.1 Å². The zero-order chi connectivity index (χ0) is 14.9. The first-order valence-electron chi connectivity index (χ1n) is 7.56. The molecule has 0 aliphatic rings. The van der Waals surface area contributed by atoms with Gasteiger partial charge >= 0.3 is 0 Å². The fraction of sp³-hybridized carbons (Fsp3) is 0.389. The highest BCUT2D eigenvalue weighted by molar-refractivity contribution is 5.27. The van der Waals surface area contributed by atoms with Gasteiger partial charge in [-0.05, 0) is 62.2 Å². The van der Waals surface area contributed by atoms with E-state index in [0.29, 0.717) is 12.6 Å². The summed E-state index contributed by atoms with van der Waals surface area (Å²) in [6.45, 7) is 2.90. The number of aryl methyl sites for hydroxylation is 1. The van der Waals surface area contributed by atoms with Crippen molar-refractivity contribution in [2.45, 2.75) is 32.2 Å². The van der Waals surface area contributed by atoms with Crippen molar-refractivity contribution in [2.24, 2.45) is 0 Å². The molecule has 0 saturated carbocycles. The average molecular weight is 284 g/mol. The van der Waals surface area contributed by atoms with Gasteiger partial charge in [0, 0.05) is 24.9 Å². The number of rotatable bonds is 8. The van der Waals surface area contributed by atoms with E-state index in [1.54, 1.807) is 0 Å². The van der Waals surface area contributed by atoms with E-state index in [-0.39, 0.29) is 0 Å². The van der Waals surface area contributed by atoms with Gasteiger partial charge in [-0.25, -0.2) is 0 Å². The first kappa shape index (κ1) is 15.5. The second-order valence-electron chi connectivity index (χ2n) is 5.33. The summed E-state index contributed by atoms with van der Waals surface area (Å²) in [5.74, 6) is 0.939. The molecule has 0 spiro atoms. The second kappa shape index (κ2) is 8.42. The monoisotopic (exact) mass is 284 g/mol. The molecular formula is C18H24N2O. The topological polar surface area (TPSA) is 34.1 Å². The summed E-state index contributed by atoms with van der Waals surface area (Å²) < 4.78 is 5.78. The molecule has 2 aromatic rings. The molecule has 1 aromatic carbocycles. The third-order valence-electron chi connectivity index (χ3n) is 3.69. The largest absolute Gasteiger partial charge is 0.493 e.